The van der Waals surface area contributed by atoms with Crippen molar-refractivity contribution < 1.29 is 9.26 Å². The van der Waals surface area contributed by atoms with E-state index in [0.717, 1.165) is 17.9 Å². The van der Waals surface area contributed by atoms with Gasteiger partial charge in [-0.2, -0.15) is 0 Å². The molecule has 11 heavy (non-hydrogen) atoms. The Kier molecular flexibility index (Phi) is 3.07. The van der Waals surface area contributed by atoms with Gasteiger partial charge in [0, 0.05) is 26.1 Å². The molecule has 0 amide bonds. The second-order valence-corrected chi connectivity index (χ2v) is 2.23. The van der Waals surface area contributed by atoms with Gasteiger partial charge < -0.3 is 15.0 Å². The lowest BCUT2D eigenvalue weighted by atomic mass is 10.3. The lowest BCUT2D eigenvalue weighted by Gasteiger charge is -1.90. The molecular formula is C7H12N2O2. The highest BCUT2D eigenvalue weighted by Gasteiger charge is 2.00. The van der Waals surface area contributed by atoms with Crippen LogP contribution in [0.15, 0.2) is 10.6 Å². The molecule has 0 aliphatic rings. The Morgan fingerprint density at radius 3 is 3.09 bits per heavy atom. The van der Waals surface area contributed by atoms with Crippen LogP contribution in [0.1, 0.15) is 11.5 Å². The van der Waals surface area contributed by atoms with Crippen LogP contribution in [0.5, 0.6) is 0 Å². The largest absolute Gasteiger partial charge is 0.384 e. The standard InChI is InChI=1S/C7H12N2O2/c1-10-3-2-7-4-6(5-8)9-11-7/h4H,2-3,5,8H2,1H3. The van der Waals surface area contributed by atoms with Gasteiger partial charge in [-0.1, -0.05) is 5.16 Å². The highest BCUT2D eigenvalue weighted by molar-refractivity contribution is 5.04. The minimum Gasteiger partial charge on any atom is -0.384 e. The molecule has 1 heterocycles. The van der Waals surface area contributed by atoms with Crippen molar-refractivity contribution in [1.29, 1.82) is 0 Å². The summed E-state index contributed by atoms with van der Waals surface area (Å²) < 4.78 is 9.82. The number of nitrogens with two attached hydrogens (primary N) is 1. The van der Waals surface area contributed by atoms with Crippen molar-refractivity contribution in [2.75, 3.05) is 13.7 Å². The molecule has 1 rings (SSSR count). The number of hydrogen-bond donors (Lipinski definition) is 1. The summed E-state index contributed by atoms with van der Waals surface area (Å²) in [5.41, 5.74) is 6.13. The van der Waals surface area contributed by atoms with E-state index in [0.29, 0.717) is 13.2 Å². The number of rotatable bonds is 4. The summed E-state index contributed by atoms with van der Waals surface area (Å²) in [6.07, 6.45) is 0.753. The first-order valence-corrected chi connectivity index (χ1v) is 3.50. The van der Waals surface area contributed by atoms with Gasteiger partial charge in [0.1, 0.15) is 5.76 Å². The van der Waals surface area contributed by atoms with Gasteiger partial charge in [0.15, 0.2) is 0 Å². The molecule has 1 aromatic heterocycles. The zero-order valence-corrected chi connectivity index (χ0v) is 6.54. The number of ether oxygens (including phenoxy) is 1. The molecule has 4 heteroatoms. The van der Waals surface area contributed by atoms with Crippen molar-refractivity contribution in [2.45, 2.75) is 13.0 Å². The van der Waals surface area contributed by atoms with Gasteiger partial charge in [-0.05, 0) is 0 Å². The third kappa shape index (κ3) is 2.32. The highest BCUT2D eigenvalue weighted by atomic mass is 16.5. The van der Waals surface area contributed by atoms with Crippen LogP contribution in [-0.4, -0.2) is 18.9 Å². The maximum Gasteiger partial charge on any atom is 0.139 e. The normalized spacial score (nSPS) is 10.4. The summed E-state index contributed by atoms with van der Waals surface area (Å²) in [5.74, 6) is 0.826. The zero-order chi connectivity index (χ0) is 8.10. The van der Waals surface area contributed by atoms with Gasteiger partial charge >= 0.3 is 0 Å². The van der Waals surface area contributed by atoms with Crippen LogP contribution in [-0.2, 0) is 17.7 Å². The quantitative estimate of drug-likeness (QED) is 0.682. The van der Waals surface area contributed by atoms with Crippen molar-refractivity contribution in [3.05, 3.63) is 17.5 Å². The van der Waals surface area contributed by atoms with E-state index in [1.807, 2.05) is 6.07 Å². The fraction of sp³-hybridized carbons (Fsp3) is 0.571. The zero-order valence-electron chi connectivity index (χ0n) is 6.54. The topological polar surface area (TPSA) is 61.3 Å². The first kappa shape index (κ1) is 8.23. The van der Waals surface area contributed by atoms with Crippen LogP contribution in [0.2, 0.25) is 0 Å². The minimum atomic E-state index is 0.427. The Morgan fingerprint density at radius 2 is 2.55 bits per heavy atom. The molecule has 0 unspecified atom stereocenters. The fourth-order valence-electron chi connectivity index (χ4n) is 0.772. The molecule has 0 radical (unpaired) electrons. The van der Waals surface area contributed by atoms with E-state index in [1.54, 1.807) is 7.11 Å². The van der Waals surface area contributed by atoms with Crippen molar-refractivity contribution in [2.24, 2.45) is 5.73 Å². The minimum absolute atomic E-state index is 0.427. The predicted octanol–water partition coefficient (Wildman–Crippen LogP) is 0.322. The molecule has 0 spiro atoms. The maximum atomic E-state index is 5.34. The van der Waals surface area contributed by atoms with Crippen LogP contribution in [0, 0.1) is 0 Å². The van der Waals surface area contributed by atoms with Crippen LogP contribution in [0.4, 0.5) is 0 Å². The van der Waals surface area contributed by atoms with E-state index in [2.05, 4.69) is 5.16 Å². The van der Waals surface area contributed by atoms with E-state index in [-0.39, 0.29) is 0 Å². The molecule has 1 aromatic rings. The van der Waals surface area contributed by atoms with Crippen molar-refractivity contribution in [3.63, 3.8) is 0 Å². The number of methoxy groups -OCH3 is 1. The molecule has 0 aromatic carbocycles. The second kappa shape index (κ2) is 4.10. The SMILES string of the molecule is COCCc1cc(CN)no1. The first-order chi connectivity index (χ1) is 5.36. The highest BCUT2D eigenvalue weighted by Crippen LogP contribution is 2.03. The second-order valence-electron chi connectivity index (χ2n) is 2.23. The smallest absolute Gasteiger partial charge is 0.139 e. The summed E-state index contributed by atoms with van der Waals surface area (Å²) in [6, 6.07) is 1.85. The summed E-state index contributed by atoms with van der Waals surface area (Å²) in [5, 5.41) is 3.73. The lowest BCUT2D eigenvalue weighted by Crippen LogP contribution is -1.95. The monoisotopic (exact) mass is 156 g/mol. The third-order valence-corrected chi connectivity index (χ3v) is 1.37. The molecule has 0 aliphatic carbocycles. The fourth-order valence-corrected chi connectivity index (χ4v) is 0.772. The summed E-state index contributed by atoms with van der Waals surface area (Å²) in [4.78, 5) is 0. The summed E-state index contributed by atoms with van der Waals surface area (Å²) in [6.45, 7) is 1.08. The maximum absolute atomic E-state index is 5.34. The third-order valence-electron chi connectivity index (χ3n) is 1.37. The van der Waals surface area contributed by atoms with E-state index in [1.165, 1.54) is 0 Å². The average Bonchev–Trinajstić information content (AvgIpc) is 2.48. The lowest BCUT2D eigenvalue weighted by molar-refractivity contribution is 0.193. The van der Waals surface area contributed by atoms with Crippen LogP contribution in [0.3, 0.4) is 0 Å². The number of aromatic nitrogens is 1. The van der Waals surface area contributed by atoms with Crippen LogP contribution in [0.25, 0.3) is 0 Å². The molecule has 0 aliphatic heterocycles. The molecule has 0 atom stereocenters. The van der Waals surface area contributed by atoms with Gasteiger partial charge in [-0.3, -0.25) is 0 Å². The Bertz CT molecular complexity index is 210. The van der Waals surface area contributed by atoms with Crippen LogP contribution >= 0.6 is 0 Å². The molecule has 0 saturated heterocycles. The van der Waals surface area contributed by atoms with Crippen molar-refractivity contribution >= 4 is 0 Å². The predicted molar refractivity (Wildman–Crippen MR) is 40.0 cm³/mol. The molecule has 0 saturated carbocycles. The van der Waals surface area contributed by atoms with Crippen molar-refractivity contribution in [3.8, 4) is 0 Å². The van der Waals surface area contributed by atoms with Gasteiger partial charge in [0.2, 0.25) is 0 Å². The van der Waals surface area contributed by atoms with Gasteiger partial charge in [0.25, 0.3) is 0 Å². The molecule has 0 bridgehead atoms. The molecular weight excluding hydrogens is 144 g/mol. The summed E-state index contributed by atoms with van der Waals surface area (Å²) in [7, 11) is 1.65. The van der Waals surface area contributed by atoms with E-state index >= 15 is 0 Å². The summed E-state index contributed by atoms with van der Waals surface area (Å²) >= 11 is 0. The molecule has 4 nitrogen and oxygen atoms in total. The van der Waals surface area contributed by atoms with Gasteiger partial charge in [-0.25, -0.2) is 0 Å². The van der Waals surface area contributed by atoms with Gasteiger partial charge in [0.05, 0.1) is 12.3 Å². The average molecular weight is 156 g/mol. The van der Waals surface area contributed by atoms with Gasteiger partial charge in [-0.15, -0.1) is 0 Å². The molecule has 0 fully saturated rings. The molecule has 2 N–H and O–H groups in total. The van der Waals surface area contributed by atoms with E-state index in [9.17, 15) is 0 Å². The Labute approximate surface area is 65.3 Å². The molecule has 62 valence electrons. The Morgan fingerprint density at radius 1 is 1.73 bits per heavy atom. The first-order valence-electron chi connectivity index (χ1n) is 3.50. The Balaban J connectivity index is 2.44. The number of hydrogen-bond acceptors (Lipinski definition) is 4. The number of nitrogens with zero attached hydrogens (tertiary/aromatic N) is 1. The Hall–Kier alpha value is -0.870. The van der Waals surface area contributed by atoms with Crippen LogP contribution < -0.4 is 5.73 Å². The van der Waals surface area contributed by atoms with E-state index in [4.69, 9.17) is 15.0 Å². The van der Waals surface area contributed by atoms with E-state index < -0.39 is 0 Å². The van der Waals surface area contributed by atoms with Crippen molar-refractivity contribution in [1.82, 2.24) is 5.16 Å².